The van der Waals surface area contributed by atoms with E-state index in [1.807, 2.05) is 5.06 Å². The van der Waals surface area contributed by atoms with Crippen molar-refractivity contribution in [3.8, 4) is 0 Å². The minimum absolute atomic E-state index is 0.113. The zero-order valence-electron chi connectivity index (χ0n) is 14.1. The van der Waals surface area contributed by atoms with Gasteiger partial charge in [0, 0.05) is 12.0 Å². The van der Waals surface area contributed by atoms with Crippen LogP contribution >= 0.6 is 0 Å². The molecule has 2 aromatic rings. The van der Waals surface area contributed by atoms with Crippen molar-refractivity contribution < 1.29 is 9.63 Å². The third-order valence-electron chi connectivity index (χ3n) is 6.09. The van der Waals surface area contributed by atoms with Gasteiger partial charge in [0.15, 0.2) is 0 Å². The summed E-state index contributed by atoms with van der Waals surface area (Å²) in [5.74, 6) is 0. The van der Waals surface area contributed by atoms with E-state index in [0.29, 0.717) is 12.5 Å². The minimum Gasteiger partial charge on any atom is -0.371 e. The maximum absolute atomic E-state index is 10.9. The van der Waals surface area contributed by atoms with Gasteiger partial charge in [-0.05, 0) is 42.0 Å². The fraction of sp³-hybridized carbons (Fsp3) is 0.476. The molecule has 2 fully saturated rings. The van der Waals surface area contributed by atoms with Gasteiger partial charge in [0.05, 0.1) is 6.04 Å². The van der Waals surface area contributed by atoms with E-state index in [0.717, 1.165) is 19.4 Å². The summed E-state index contributed by atoms with van der Waals surface area (Å²) in [5.41, 5.74) is 1.54. The molecule has 1 saturated heterocycles. The van der Waals surface area contributed by atoms with Gasteiger partial charge in [0.2, 0.25) is 0 Å². The maximum atomic E-state index is 10.9. The van der Waals surface area contributed by atoms with Crippen LogP contribution in [-0.2, 0) is 15.0 Å². The summed E-state index contributed by atoms with van der Waals surface area (Å²) in [4.78, 5) is 16.3. The number of carbonyl (C=O) groups is 1. The predicted molar refractivity (Wildman–Crippen MR) is 95.6 cm³/mol. The quantitative estimate of drug-likeness (QED) is 0.771. The molecule has 0 amide bonds. The van der Waals surface area contributed by atoms with Gasteiger partial charge >= 0.3 is 6.47 Å². The van der Waals surface area contributed by atoms with Crippen molar-refractivity contribution in [3.05, 3.63) is 48.0 Å². The lowest BCUT2D eigenvalue weighted by molar-refractivity contribution is -0.185. The first-order chi connectivity index (χ1) is 11.8. The van der Waals surface area contributed by atoms with Crippen molar-refractivity contribution in [1.29, 1.82) is 0 Å². The standard InChI is InChI=1S/C21H25NO2/c23-16-24-22-14-6-9-20(22)21(12-4-1-5-13-21)19-11-10-17-7-2-3-8-18(17)15-19/h2-3,7-8,10-11,15-16,20H,1,4-6,9,12-14H2. The number of carbonyl (C=O) groups excluding carboxylic acids is 1. The Morgan fingerprint density at radius 1 is 1.00 bits per heavy atom. The average Bonchev–Trinajstić information content (AvgIpc) is 3.11. The largest absolute Gasteiger partial charge is 0.371 e. The maximum Gasteiger partial charge on any atom is 0.313 e. The molecule has 0 aromatic heterocycles. The van der Waals surface area contributed by atoms with E-state index < -0.39 is 0 Å². The fourth-order valence-electron chi connectivity index (χ4n) is 4.97. The molecule has 2 aromatic carbocycles. The third-order valence-corrected chi connectivity index (χ3v) is 6.09. The second-order valence-electron chi connectivity index (χ2n) is 7.28. The molecule has 0 radical (unpaired) electrons. The Morgan fingerprint density at radius 3 is 2.58 bits per heavy atom. The van der Waals surface area contributed by atoms with E-state index in [1.54, 1.807) is 0 Å². The normalized spacial score (nSPS) is 24.1. The molecule has 1 saturated carbocycles. The Labute approximate surface area is 143 Å². The summed E-state index contributed by atoms with van der Waals surface area (Å²) in [6.45, 7) is 1.45. The first-order valence-electron chi connectivity index (χ1n) is 9.20. The molecule has 0 bridgehead atoms. The molecule has 1 atom stereocenters. The highest BCUT2D eigenvalue weighted by molar-refractivity contribution is 5.83. The Morgan fingerprint density at radius 2 is 1.79 bits per heavy atom. The van der Waals surface area contributed by atoms with Crippen LogP contribution in [0.15, 0.2) is 42.5 Å². The zero-order valence-corrected chi connectivity index (χ0v) is 14.1. The van der Waals surface area contributed by atoms with Gasteiger partial charge in [-0.3, -0.25) is 4.79 Å². The number of benzene rings is 2. The first-order valence-corrected chi connectivity index (χ1v) is 9.20. The molecule has 3 nitrogen and oxygen atoms in total. The van der Waals surface area contributed by atoms with E-state index in [9.17, 15) is 4.79 Å². The molecule has 2 aliphatic rings. The Bertz CT molecular complexity index is 721. The second-order valence-corrected chi connectivity index (χ2v) is 7.28. The van der Waals surface area contributed by atoms with Crippen molar-refractivity contribution >= 4 is 17.2 Å². The van der Waals surface area contributed by atoms with E-state index in [2.05, 4.69) is 42.5 Å². The van der Waals surface area contributed by atoms with Crippen LogP contribution in [-0.4, -0.2) is 24.1 Å². The molecule has 1 aliphatic heterocycles. The highest BCUT2D eigenvalue weighted by atomic mass is 16.7. The van der Waals surface area contributed by atoms with Gasteiger partial charge in [-0.15, -0.1) is 5.06 Å². The van der Waals surface area contributed by atoms with Gasteiger partial charge in [0.25, 0.3) is 0 Å². The van der Waals surface area contributed by atoms with E-state index in [4.69, 9.17) is 4.84 Å². The van der Waals surface area contributed by atoms with Crippen LogP contribution in [0.25, 0.3) is 10.8 Å². The van der Waals surface area contributed by atoms with Crippen molar-refractivity contribution in [2.24, 2.45) is 0 Å². The minimum atomic E-state index is 0.113. The molecule has 3 heteroatoms. The van der Waals surface area contributed by atoms with Crippen molar-refractivity contribution in [2.75, 3.05) is 6.54 Å². The summed E-state index contributed by atoms with van der Waals surface area (Å²) >= 11 is 0. The summed E-state index contributed by atoms with van der Waals surface area (Å²) < 4.78 is 0. The third kappa shape index (κ3) is 2.61. The Hall–Kier alpha value is -1.87. The molecule has 1 unspecified atom stereocenters. The Kier molecular flexibility index (Phi) is 4.28. The first kappa shape index (κ1) is 15.6. The summed E-state index contributed by atoms with van der Waals surface area (Å²) in [7, 11) is 0. The van der Waals surface area contributed by atoms with Gasteiger partial charge < -0.3 is 4.84 Å². The number of fused-ring (bicyclic) bond motifs is 1. The molecular weight excluding hydrogens is 298 g/mol. The summed E-state index contributed by atoms with van der Waals surface area (Å²) in [6, 6.07) is 15.8. The molecule has 0 N–H and O–H groups in total. The molecular formula is C21H25NO2. The van der Waals surface area contributed by atoms with Gasteiger partial charge in [0.1, 0.15) is 0 Å². The van der Waals surface area contributed by atoms with Crippen LogP contribution in [0.4, 0.5) is 0 Å². The zero-order chi connectivity index (χ0) is 16.4. The van der Waals surface area contributed by atoms with Crippen LogP contribution in [0, 0.1) is 0 Å². The van der Waals surface area contributed by atoms with Crippen molar-refractivity contribution in [1.82, 2.24) is 5.06 Å². The van der Waals surface area contributed by atoms with Crippen LogP contribution in [0.5, 0.6) is 0 Å². The van der Waals surface area contributed by atoms with Gasteiger partial charge in [-0.25, -0.2) is 0 Å². The van der Waals surface area contributed by atoms with Crippen LogP contribution < -0.4 is 0 Å². The number of hydrogen-bond donors (Lipinski definition) is 0. The van der Waals surface area contributed by atoms with Gasteiger partial charge in [-0.2, -0.15) is 0 Å². The number of nitrogens with zero attached hydrogens (tertiary/aromatic N) is 1. The molecule has 4 rings (SSSR count). The van der Waals surface area contributed by atoms with E-state index in [-0.39, 0.29) is 5.41 Å². The van der Waals surface area contributed by atoms with Crippen LogP contribution in [0.2, 0.25) is 0 Å². The van der Waals surface area contributed by atoms with E-state index in [1.165, 1.54) is 48.4 Å². The topological polar surface area (TPSA) is 29.5 Å². The summed E-state index contributed by atoms with van der Waals surface area (Å²) in [5, 5.41) is 4.55. The highest BCUT2D eigenvalue weighted by Crippen LogP contribution is 2.47. The molecule has 0 spiro atoms. The highest BCUT2D eigenvalue weighted by Gasteiger charge is 2.47. The molecule has 1 heterocycles. The monoisotopic (exact) mass is 323 g/mol. The predicted octanol–water partition coefficient (Wildman–Crippen LogP) is 4.59. The second kappa shape index (κ2) is 6.56. The SMILES string of the molecule is O=CON1CCCC1C1(c2ccc3ccccc3c2)CCCCC1. The molecule has 126 valence electrons. The number of hydroxylamine groups is 2. The lowest BCUT2D eigenvalue weighted by atomic mass is 9.64. The lowest BCUT2D eigenvalue weighted by Gasteiger charge is -2.45. The number of rotatable bonds is 4. The van der Waals surface area contributed by atoms with Crippen LogP contribution in [0.1, 0.15) is 50.5 Å². The summed E-state index contributed by atoms with van der Waals surface area (Å²) in [6.07, 6.45) is 8.44. The van der Waals surface area contributed by atoms with Crippen LogP contribution in [0.3, 0.4) is 0 Å². The lowest BCUT2D eigenvalue weighted by Crippen LogP contribution is -2.48. The van der Waals surface area contributed by atoms with E-state index >= 15 is 0 Å². The van der Waals surface area contributed by atoms with Crippen molar-refractivity contribution in [2.45, 2.75) is 56.4 Å². The average molecular weight is 323 g/mol. The molecule has 1 aliphatic carbocycles. The Balaban J connectivity index is 1.78. The smallest absolute Gasteiger partial charge is 0.313 e. The van der Waals surface area contributed by atoms with Crippen molar-refractivity contribution in [3.63, 3.8) is 0 Å². The van der Waals surface area contributed by atoms with Gasteiger partial charge in [-0.1, -0.05) is 61.7 Å². The number of hydrogen-bond acceptors (Lipinski definition) is 3. The molecule has 24 heavy (non-hydrogen) atoms. The fourth-order valence-corrected chi connectivity index (χ4v) is 4.97.